The lowest BCUT2D eigenvalue weighted by molar-refractivity contribution is -0.137. The van der Waals surface area contributed by atoms with Crippen LogP contribution in [-0.2, 0) is 6.18 Å². The Kier molecular flexibility index (Phi) is 4.06. The molecule has 1 unspecified atom stereocenters. The Morgan fingerprint density at radius 2 is 1.90 bits per heavy atom. The Morgan fingerprint density at radius 3 is 2.50 bits per heavy atom. The summed E-state index contributed by atoms with van der Waals surface area (Å²) in [5.41, 5.74) is 3.90. The summed E-state index contributed by atoms with van der Waals surface area (Å²) >= 11 is 0. The minimum Gasteiger partial charge on any atom is -0.271 e. The van der Waals surface area contributed by atoms with E-state index < -0.39 is 17.8 Å². The normalized spacial score (nSPS) is 13.2. The maximum Gasteiger partial charge on any atom is 0.416 e. The molecule has 20 heavy (non-hydrogen) atoms. The summed E-state index contributed by atoms with van der Waals surface area (Å²) in [6.07, 6.45) is -1.12. The molecule has 0 aliphatic rings. The number of pyridine rings is 1. The molecule has 0 saturated heterocycles. The minimum atomic E-state index is -4.37. The number of nitrogens with one attached hydrogen (secondary N) is 1. The number of rotatable bonds is 3. The van der Waals surface area contributed by atoms with E-state index in [4.69, 9.17) is 5.84 Å². The third kappa shape index (κ3) is 3.15. The van der Waals surface area contributed by atoms with Crippen molar-refractivity contribution in [2.24, 2.45) is 5.84 Å². The summed E-state index contributed by atoms with van der Waals surface area (Å²) in [6, 6.07) is 6.38. The molecule has 0 fully saturated rings. The van der Waals surface area contributed by atoms with E-state index in [2.05, 4.69) is 10.4 Å². The molecule has 1 atom stereocenters. The Morgan fingerprint density at radius 1 is 1.15 bits per heavy atom. The average Bonchev–Trinajstić information content (AvgIpc) is 2.39. The van der Waals surface area contributed by atoms with Crippen molar-refractivity contribution in [1.82, 2.24) is 10.4 Å². The van der Waals surface area contributed by atoms with E-state index in [0.717, 1.165) is 17.7 Å². The van der Waals surface area contributed by atoms with Crippen LogP contribution in [0.1, 0.15) is 28.3 Å². The number of nitrogens with two attached hydrogens (primary N) is 1. The first-order valence-corrected chi connectivity index (χ1v) is 5.96. The lowest BCUT2D eigenvalue weighted by Crippen LogP contribution is -2.29. The van der Waals surface area contributed by atoms with Crippen LogP contribution in [0.4, 0.5) is 13.2 Å². The summed E-state index contributed by atoms with van der Waals surface area (Å²) in [5, 5.41) is 0. The standard InChI is InChI=1S/C14H14F3N3/c1-9-5-11(8-19-7-9)13(20-18)10-3-2-4-12(6-10)14(15,16)17/h2-8,13,20H,18H2,1H3. The van der Waals surface area contributed by atoms with Gasteiger partial charge in [0.1, 0.15) is 0 Å². The van der Waals surface area contributed by atoms with Crippen LogP contribution in [0.25, 0.3) is 0 Å². The molecule has 3 N–H and O–H groups in total. The fourth-order valence-corrected chi connectivity index (χ4v) is 2.02. The number of hydrogen-bond donors (Lipinski definition) is 2. The molecule has 0 aliphatic carbocycles. The number of aryl methyl sites for hydroxylation is 1. The zero-order valence-electron chi connectivity index (χ0n) is 10.8. The zero-order chi connectivity index (χ0) is 14.8. The van der Waals surface area contributed by atoms with Gasteiger partial charge in [-0.3, -0.25) is 10.8 Å². The number of alkyl halides is 3. The van der Waals surface area contributed by atoms with Gasteiger partial charge >= 0.3 is 6.18 Å². The van der Waals surface area contributed by atoms with Crippen LogP contribution in [0.5, 0.6) is 0 Å². The molecule has 0 aliphatic heterocycles. The van der Waals surface area contributed by atoms with Crippen molar-refractivity contribution in [2.45, 2.75) is 19.1 Å². The molecule has 2 aromatic rings. The van der Waals surface area contributed by atoms with Gasteiger partial charge in [-0.25, -0.2) is 5.43 Å². The lowest BCUT2D eigenvalue weighted by atomic mass is 9.98. The van der Waals surface area contributed by atoms with Crippen LogP contribution < -0.4 is 11.3 Å². The number of benzene rings is 1. The predicted octanol–water partition coefficient (Wildman–Crippen LogP) is 2.96. The second kappa shape index (κ2) is 5.60. The maximum atomic E-state index is 12.7. The smallest absolute Gasteiger partial charge is 0.271 e. The quantitative estimate of drug-likeness (QED) is 0.671. The highest BCUT2D eigenvalue weighted by Crippen LogP contribution is 2.31. The van der Waals surface area contributed by atoms with Crippen molar-refractivity contribution in [3.63, 3.8) is 0 Å². The lowest BCUT2D eigenvalue weighted by Gasteiger charge is -2.18. The van der Waals surface area contributed by atoms with Gasteiger partial charge in [-0.2, -0.15) is 13.2 Å². The van der Waals surface area contributed by atoms with Crippen LogP contribution in [-0.4, -0.2) is 4.98 Å². The van der Waals surface area contributed by atoms with Gasteiger partial charge in [-0.15, -0.1) is 0 Å². The number of halogens is 3. The number of hydrazine groups is 1. The van der Waals surface area contributed by atoms with E-state index >= 15 is 0 Å². The third-order valence-corrected chi connectivity index (χ3v) is 2.94. The number of nitrogens with zero attached hydrogens (tertiary/aromatic N) is 1. The molecule has 6 heteroatoms. The van der Waals surface area contributed by atoms with E-state index in [9.17, 15) is 13.2 Å². The molecule has 0 radical (unpaired) electrons. The SMILES string of the molecule is Cc1cncc(C(NN)c2cccc(C(F)(F)F)c2)c1. The summed E-state index contributed by atoms with van der Waals surface area (Å²) < 4.78 is 38.2. The van der Waals surface area contributed by atoms with Gasteiger partial charge < -0.3 is 0 Å². The second-order valence-electron chi connectivity index (χ2n) is 4.52. The monoisotopic (exact) mass is 281 g/mol. The molecule has 3 nitrogen and oxygen atoms in total. The van der Waals surface area contributed by atoms with E-state index in [1.165, 1.54) is 6.07 Å². The van der Waals surface area contributed by atoms with Gasteiger partial charge in [0.15, 0.2) is 0 Å². The number of hydrogen-bond acceptors (Lipinski definition) is 3. The summed E-state index contributed by atoms with van der Waals surface area (Å²) in [4.78, 5) is 4.03. The highest BCUT2D eigenvalue weighted by Gasteiger charge is 2.31. The fraction of sp³-hybridized carbons (Fsp3) is 0.214. The Hall–Kier alpha value is -1.92. The zero-order valence-corrected chi connectivity index (χ0v) is 10.8. The van der Waals surface area contributed by atoms with E-state index in [1.54, 1.807) is 18.5 Å². The van der Waals surface area contributed by atoms with Crippen molar-refractivity contribution >= 4 is 0 Å². The maximum absolute atomic E-state index is 12.7. The largest absolute Gasteiger partial charge is 0.416 e. The van der Waals surface area contributed by atoms with Crippen LogP contribution in [0, 0.1) is 6.92 Å². The fourth-order valence-electron chi connectivity index (χ4n) is 2.02. The van der Waals surface area contributed by atoms with Crippen molar-refractivity contribution in [1.29, 1.82) is 0 Å². The minimum absolute atomic E-state index is 0.440. The average molecular weight is 281 g/mol. The first kappa shape index (κ1) is 14.5. The molecule has 0 spiro atoms. The molecule has 0 amide bonds. The van der Waals surface area contributed by atoms with Crippen LogP contribution in [0.15, 0.2) is 42.7 Å². The highest BCUT2D eigenvalue weighted by atomic mass is 19.4. The van der Waals surface area contributed by atoms with Gasteiger partial charge in [0, 0.05) is 12.4 Å². The topological polar surface area (TPSA) is 50.9 Å². The number of aromatic nitrogens is 1. The summed E-state index contributed by atoms with van der Waals surface area (Å²) in [6.45, 7) is 1.86. The summed E-state index contributed by atoms with van der Waals surface area (Å²) in [7, 11) is 0. The molecule has 2 rings (SSSR count). The van der Waals surface area contributed by atoms with Crippen LogP contribution in [0.3, 0.4) is 0 Å². The Balaban J connectivity index is 2.42. The van der Waals surface area contributed by atoms with Crippen molar-refractivity contribution in [2.75, 3.05) is 0 Å². The van der Waals surface area contributed by atoms with E-state index in [0.29, 0.717) is 11.1 Å². The van der Waals surface area contributed by atoms with Crippen molar-refractivity contribution < 1.29 is 13.2 Å². The molecular formula is C14H14F3N3. The van der Waals surface area contributed by atoms with E-state index in [1.807, 2.05) is 13.0 Å². The Bertz CT molecular complexity index is 596. The first-order chi connectivity index (χ1) is 9.41. The van der Waals surface area contributed by atoms with Crippen LogP contribution in [0.2, 0.25) is 0 Å². The highest BCUT2D eigenvalue weighted by molar-refractivity contribution is 5.35. The summed E-state index contributed by atoms with van der Waals surface area (Å²) in [5.74, 6) is 5.49. The Labute approximate surface area is 114 Å². The molecular weight excluding hydrogens is 267 g/mol. The van der Waals surface area contributed by atoms with Crippen LogP contribution >= 0.6 is 0 Å². The second-order valence-corrected chi connectivity index (χ2v) is 4.52. The predicted molar refractivity (Wildman–Crippen MR) is 69.6 cm³/mol. The van der Waals surface area contributed by atoms with Gasteiger partial charge in [0.05, 0.1) is 11.6 Å². The van der Waals surface area contributed by atoms with E-state index in [-0.39, 0.29) is 0 Å². The molecule has 106 valence electrons. The van der Waals surface area contributed by atoms with Gasteiger partial charge in [0.25, 0.3) is 0 Å². The van der Waals surface area contributed by atoms with Gasteiger partial charge in [-0.05, 0) is 35.7 Å². The van der Waals surface area contributed by atoms with Gasteiger partial charge in [0.2, 0.25) is 0 Å². The third-order valence-electron chi connectivity index (χ3n) is 2.94. The molecule has 0 bridgehead atoms. The first-order valence-electron chi connectivity index (χ1n) is 5.96. The molecule has 1 aromatic heterocycles. The molecule has 0 saturated carbocycles. The molecule has 1 aromatic carbocycles. The van der Waals surface area contributed by atoms with Gasteiger partial charge in [-0.1, -0.05) is 18.2 Å². The molecule has 1 heterocycles. The van der Waals surface area contributed by atoms with Crippen molar-refractivity contribution in [3.8, 4) is 0 Å². The van der Waals surface area contributed by atoms with Crippen molar-refractivity contribution in [3.05, 3.63) is 65.0 Å².